The highest BCUT2D eigenvalue weighted by molar-refractivity contribution is 4.84. The van der Waals surface area contributed by atoms with Crippen LogP contribution >= 0.6 is 0 Å². The standard InChI is InChI=1S/C13H25N/c1-13(2)8-6-12(7-9-13)14-10-4-3-5-11-14/h12H,3-11H2,1-2H3. The molecule has 0 aromatic carbocycles. The van der Waals surface area contributed by atoms with E-state index in [9.17, 15) is 0 Å². The molecule has 0 atom stereocenters. The van der Waals surface area contributed by atoms with Crippen LogP contribution in [0.15, 0.2) is 0 Å². The first-order valence-electron chi connectivity index (χ1n) is 6.41. The van der Waals surface area contributed by atoms with Crippen molar-refractivity contribution in [1.29, 1.82) is 0 Å². The van der Waals surface area contributed by atoms with E-state index in [1.54, 1.807) is 0 Å². The van der Waals surface area contributed by atoms with E-state index >= 15 is 0 Å². The fraction of sp³-hybridized carbons (Fsp3) is 1.00. The van der Waals surface area contributed by atoms with Gasteiger partial charge in [-0.2, -0.15) is 0 Å². The second-order valence-corrected chi connectivity index (χ2v) is 5.99. The van der Waals surface area contributed by atoms with E-state index in [0.717, 1.165) is 6.04 Å². The summed E-state index contributed by atoms with van der Waals surface area (Å²) in [4.78, 5) is 2.76. The minimum Gasteiger partial charge on any atom is -0.300 e. The molecule has 0 spiro atoms. The van der Waals surface area contributed by atoms with E-state index < -0.39 is 0 Å². The van der Waals surface area contributed by atoms with Gasteiger partial charge in [-0.1, -0.05) is 20.3 Å². The smallest absolute Gasteiger partial charge is 0.00956 e. The first-order chi connectivity index (χ1) is 6.67. The Hall–Kier alpha value is -0.0400. The van der Waals surface area contributed by atoms with Gasteiger partial charge in [-0.05, 0) is 57.0 Å². The molecule has 2 fully saturated rings. The number of rotatable bonds is 1. The highest BCUT2D eigenvalue weighted by Crippen LogP contribution is 2.37. The van der Waals surface area contributed by atoms with Crippen molar-refractivity contribution >= 4 is 0 Å². The first kappa shape index (κ1) is 10.5. The molecule has 82 valence electrons. The predicted octanol–water partition coefficient (Wildman–Crippen LogP) is 3.44. The topological polar surface area (TPSA) is 3.24 Å². The van der Waals surface area contributed by atoms with Crippen molar-refractivity contribution in [1.82, 2.24) is 4.90 Å². The summed E-state index contributed by atoms with van der Waals surface area (Å²) in [6.45, 7) is 7.62. The van der Waals surface area contributed by atoms with Gasteiger partial charge in [-0.15, -0.1) is 0 Å². The van der Waals surface area contributed by atoms with Gasteiger partial charge in [0.2, 0.25) is 0 Å². The summed E-state index contributed by atoms with van der Waals surface area (Å²) in [5.41, 5.74) is 0.631. The van der Waals surface area contributed by atoms with E-state index in [1.807, 2.05) is 0 Å². The Labute approximate surface area is 88.9 Å². The van der Waals surface area contributed by atoms with Crippen LogP contribution in [0, 0.1) is 5.41 Å². The van der Waals surface area contributed by atoms with Crippen LogP contribution in [0.5, 0.6) is 0 Å². The average Bonchev–Trinajstić information content (AvgIpc) is 2.19. The monoisotopic (exact) mass is 195 g/mol. The molecule has 1 saturated carbocycles. The zero-order valence-electron chi connectivity index (χ0n) is 9.89. The molecule has 2 rings (SSSR count). The molecule has 0 bridgehead atoms. The molecule has 0 unspecified atom stereocenters. The molecule has 0 amide bonds. The summed E-state index contributed by atoms with van der Waals surface area (Å²) in [5, 5.41) is 0. The third-order valence-electron chi connectivity index (χ3n) is 4.22. The molecule has 0 N–H and O–H groups in total. The van der Waals surface area contributed by atoms with Gasteiger partial charge in [0.15, 0.2) is 0 Å². The molecule has 0 aromatic rings. The van der Waals surface area contributed by atoms with Gasteiger partial charge in [0.05, 0.1) is 0 Å². The summed E-state index contributed by atoms with van der Waals surface area (Å²) < 4.78 is 0. The van der Waals surface area contributed by atoms with Crippen molar-refractivity contribution in [3.8, 4) is 0 Å². The fourth-order valence-corrected chi connectivity index (χ4v) is 3.03. The number of likely N-dealkylation sites (tertiary alicyclic amines) is 1. The van der Waals surface area contributed by atoms with Gasteiger partial charge >= 0.3 is 0 Å². The highest BCUT2D eigenvalue weighted by atomic mass is 15.2. The highest BCUT2D eigenvalue weighted by Gasteiger charge is 2.30. The number of hydrogen-bond donors (Lipinski definition) is 0. The van der Waals surface area contributed by atoms with Crippen LogP contribution < -0.4 is 0 Å². The second kappa shape index (κ2) is 4.22. The third kappa shape index (κ3) is 2.50. The quantitative estimate of drug-likeness (QED) is 0.619. The Kier molecular flexibility index (Phi) is 3.16. The lowest BCUT2D eigenvalue weighted by Gasteiger charge is -2.41. The number of hydrogen-bond acceptors (Lipinski definition) is 1. The molecular weight excluding hydrogens is 170 g/mol. The van der Waals surface area contributed by atoms with E-state index in [2.05, 4.69) is 18.7 Å². The molecular formula is C13H25N. The molecule has 0 aromatic heterocycles. The predicted molar refractivity (Wildman–Crippen MR) is 61.5 cm³/mol. The maximum Gasteiger partial charge on any atom is 0.00956 e. The molecule has 1 nitrogen and oxygen atoms in total. The molecule has 14 heavy (non-hydrogen) atoms. The minimum absolute atomic E-state index is 0.631. The summed E-state index contributed by atoms with van der Waals surface area (Å²) >= 11 is 0. The van der Waals surface area contributed by atoms with E-state index in [0.29, 0.717) is 5.41 Å². The van der Waals surface area contributed by atoms with E-state index in [-0.39, 0.29) is 0 Å². The first-order valence-corrected chi connectivity index (χ1v) is 6.41. The van der Waals surface area contributed by atoms with Crippen molar-refractivity contribution in [3.63, 3.8) is 0 Å². The largest absolute Gasteiger partial charge is 0.300 e. The number of piperidine rings is 1. The minimum atomic E-state index is 0.631. The summed E-state index contributed by atoms with van der Waals surface area (Å²) in [6.07, 6.45) is 10.1. The molecule has 1 heterocycles. The van der Waals surface area contributed by atoms with Crippen LogP contribution in [0.3, 0.4) is 0 Å². The summed E-state index contributed by atoms with van der Waals surface area (Å²) in [7, 11) is 0. The van der Waals surface area contributed by atoms with Gasteiger partial charge in [-0.3, -0.25) is 0 Å². The van der Waals surface area contributed by atoms with Crippen molar-refractivity contribution in [2.24, 2.45) is 5.41 Å². The molecule has 0 radical (unpaired) electrons. The van der Waals surface area contributed by atoms with Gasteiger partial charge in [0, 0.05) is 6.04 Å². The summed E-state index contributed by atoms with van der Waals surface area (Å²) in [6, 6.07) is 0.934. The van der Waals surface area contributed by atoms with Crippen molar-refractivity contribution in [2.45, 2.75) is 64.8 Å². The van der Waals surface area contributed by atoms with Crippen LogP contribution in [0.2, 0.25) is 0 Å². The maximum absolute atomic E-state index is 2.76. The van der Waals surface area contributed by atoms with E-state index in [4.69, 9.17) is 0 Å². The maximum atomic E-state index is 2.76. The normalized spacial score (nSPS) is 30.4. The lowest BCUT2D eigenvalue weighted by molar-refractivity contribution is 0.0909. The Morgan fingerprint density at radius 1 is 0.929 bits per heavy atom. The molecule has 1 aliphatic carbocycles. The van der Waals surface area contributed by atoms with Gasteiger partial charge in [0.25, 0.3) is 0 Å². The zero-order valence-corrected chi connectivity index (χ0v) is 9.89. The van der Waals surface area contributed by atoms with Crippen LogP contribution in [-0.2, 0) is 0 Å². The Morgan fingerprint density at radius 2 is 1.50 bits per heavy atom. The Bertz CT molecular complexity index is 170. The average molecular weight is 195 g/mol. The van der Waals surface area contributed by atoms with Crippen LogP contribution in [-0.4, -0.2) is 24.0 Å². The lowest BCUT2D eigenvalue weighted by Crippen LogP contribution is -2.42. The molecule has 1 heteroatoms. The van der Waals surface area contributed by atoms with Crippen molar-refractivity contribution in [3.05, 3.63) is 0 Å². The molecule has 1 aliphatic heterocycles. The van der Waals surface area contributed by atoms with Gasteiger partial charge < -0.3 is 4.90 Å². The number of nitrogens with zero attached hydrogens (tertiary/aromatic N) is 1. The van der Waals surface area contributed by atoms with Crippen LogP contribution in [0.1, 0.15) is 58.8 Å². The second-order valence-electron chi connectivity index (χ2n) is 5.99. The third-order valence-corrected chi connectivity index (χ3v) is 4.22. The van der Waals surface area contributed by atoms with Crippen molar-refractivity contribution < 1.29 is 0 Å². The Balaban J connectivity index is 1.82. The Morgan fingerprint density at radius 3 is 2.07 bits per heavy atom. The molecule has 1 saturated heterocycles. The molecule has 2 aliphatic rings. The summed E-state index contributed by atoms with van der Waals surface area (Å²) in [5.74, 6) is 0. The lowest BCUT2D eigenvalue weighted by atomic mass is 9.75. The van der Waals surface area contributed by atoms with Crippen LogP contribution in [0.25, 0.3) is 0 Å². The zero-order chi connectivity index (χ0) is 10.0. The van der Waals surface area contributed by atoms with Gasteiger partial charge in [-0.25, -0.2) is 0 Å². The van der Waals surface area contributed by atoms with Crippen molar-refractivity contribution in [2.75, 3.05) is 13.1 Å². The van der Waals surface area contributed by atoms with E-state index in [1.165, 1.54) is 58.0 Å². The van der Waals surface area contributed by atoms with Gasteiger partial charge in [0.1, 0.15) is 0 Å². The van der Waals surface area contributed by atoms with Crippen LogP contribution in [0.4, 0.5) is 0 Å². The fourth-order valence-electron chi connectivity index (χ4n) is 3.03. The SMILES string of the molecule is CC1(C)CCC(N2CCCCC2)CC1.